The zero-order chi connectivity index (χ0) is 19.4. The second kappa shape index (κ2) is 8.23. The summed E-state index contributed by atoms with van der Waals surface area (Å²) in [5.74, 6) is 0. The van der Waals surface area contributed by atoms with Crippen LogP contribution >= 0.6 is 7.47 Å². The molecule has 0 amide bonds. The van der Waals surface area contributed by atoms with Gasteiger partial charge in [0, 0.05) is 11.8 Å². The molecule has 3 radical (unpaired) electrons. The van der Waals surface area contributed by atoms with Gasteiger partial charge in [0.1, 0.15) is 6.10 Å². The van der Waals surface area contributed by atoms with E-state index in [2.05, 4.69) is 4.98 Å². The van der Waals surface area contributed by atoms with Crippen LogP contribution in [0.1, 0.15) is 17.4 Å². The van der Waals surface area contributed by atoms with Crippen LogP contribution in [0.3, 0.4) is 0 Å². The molecule has 8 nitrogen and oxygen atoms in total. The molecule has 0 saturated carbocycles. The summed E-state index contributed by atoms with van der Waals surface area (Å²) in [6.45, 7) is 1.54. The molecule has 2 heterocycles. The molecular weight excluding hydrogens is 370 g/mol. The average molecular weight is 388 g/mol. The number of rotatable bonds is 7. The van der Waals surface area contributed by atoms with Gasteiger partial charge in [-0.1, -0.05) is 36.4 Å². The van der Waals surface area contributed by atoms with Crippen molar-refractivity contribution in [3.8, 4) is 0 Å². The summed E-state index contributed by atoms with van der Waals surface area (Å²) in [7, 11) is 1.83. The van der Waals surface area contributed by atoms with Crippen LogP contribution < -0.4 is 11.2 Å². The summed E-state index contributed by atoms with van der Waals surface area (Å²) in [6, 6.07) is 9.16. The molecule has 0 saturated heterocycles. The van der Waals surface area contributed by atoms with Crippen molar-refractivity contribution in [1.82, 2.24) is 9.55 Å². The summed E-state index contributed by atoms with van der Waals surface area (Å²) in [5.41, 5.74) is 0.166. The van der Waals surface area contributed by atoms with Crippen LogP contribution in [0.15, 0.2) is 58.3 Å². The molecule has 141 valence electrons. The molecule has 0 fully saturated rings. The number of benzene rings is 1. The topological polar surface area (TPSA) is 99.6 Å². The number of nitrogens with zero attached hydrogens (tertiary/aromatic N) is 1. The van der Waals surface area contributed by atoms with Gasteiger partial charge < -0.3 is 25.9 Å². The van der Waals surface area contributed by atoms with Crippen molar-refractivity contribution in [2.75, 3.05) is 6.61 Å². The number of aryl methyl sites for hydroxylation is 1. The van der Waals surface area contributed by atoms with Crippen LogP contribution in [-0.4, -0.2) is 29.8 Å². The van der Waals surface area contributed by atoms with Crippen molar-refractivity contribution in [3.05, 3.63) is 80.6 Å². The Morgan fingerprint density at radius 3 is 2.70 bits per heavy atom. The first-order valence-corrected chi connectivity index (χ1v) is 9.83. The van der Waals surface area contributed by atoms with Gasteiger partial charge in [0.2, 0.25) is 0 Å². The van der Waals surface area contributed by atoms with Crippen LogP contribution in [0.4, 0.5) is 0 Å². The Kier molecular flexibility index (Phi) is 5.96. The lowest BCUT2D eigenvalue weighted by Crippen LogP contribution is -2.33. The number of hydrogen-bond donors (Lipinski definition) is 1. The third-order valence-corrected chi connectivity index (χ3v) is 4.90. The summed E-state index contributed by atoms with van der Waals surface area (Å²) in [4.78, 5) is 25.6. The molecule has 1 N–H and O–H groups in total. The summed E-state index contributed by atoms with van der Waals surface area (Å²) < 4.78 is 29.4. The van der Waals surface area contributed by atoms with Gasteiger partial charge in [-0.3, -0.25) is 14.3 Å². The first-order valence-electron chi connectivity index (χ1n) is 8.21. The highest BCUT2D eigenvalue weighted by molar-refractivity contribution is 7.79. The van der Waals surface area contributed by atoms with Gasteiger partial charge in [0.25, 0.3) is 5.56 Å². The van der Waals surface area contributed by atoms with E-state index in [1.165, 1.54) is 10.8 Å². The van der Waals surface area contributed by atoms with Crippen molar-refractivity contribution < 1.29 is 18.3 Å². The van der Waals surface area contributed by atoms with Gasteiger partial charge >= 0.3 is 5.69 Å². The van der Waals surface area contributed by atoms with Gasteiger partial charge in [-0.25, -0.2) is 4.79 Å². The zero-order valence-electron chi connectivity index (χ0n) is 14.6. The molecular formula is C17H18BN2O6P-. The van der Waals surface area contributed by atoms with Crippen molar-refractivity contribution in [1.29, 1.82) is 0 Å². The molecule has 0 spiro atoms. The van der Waals surface area contributed by atoms with E-state index in [0.29, 0.717) is 5.56 Å². The lowest BCUT2D eigenvalue weighted by molar-refractivity contribution is -0.00756. The maximum atomic E-state index is 12.2. The third kappa shape index (κ3) is 5.17. The van der Waals surface area contributed by atoms with Crippen molar-refractivity contribution in [3.63, 3.8) is 0 Å². The van der Waals surface area contributed by atoms with Crippen molar-refractivity contribution in [2.24, 2.45) is 0 Å². The molecule has 1 aromatic heterocycles. The minimum absolute atomic E-state index is 0.0602. The number of H-pyrrole nitrogens is 1. The number of hydrogen-bond acceptors (Lipinski definition) is 6. The van der Waals surface area contributed by atoms with Crippen LogP contribution in [0.2, 0.25) is 0 Å². The van der Waals surface area contributed by atoms with Gasteiger partial charge in [-0.15, -0.1) is 0 Å². The normalized spacial score (nSPS) is 21.3. The molecule has 0 aliphatic carbocycles. The molecule has 1 unspecified atom stereocenters. The molecule has 1 aromatic carbocycles. The monoisotopic (exact) mass is 388 g/mol. The van der Waals surface area contributed by atoms with Crippen molar-refractivity contribution in [2.45, 2.75) is 25.9 Å². The SMILES string of the molecule is [B-]P(=O)(OCc1ccccc1)OC[C@@H]1C=C[C@H](n2cc(C)c(=O)[nH]c2=O)O1. The largest absolute Gasteiger partial charge is 0.444 e. The van der Waals surface area contributed by atoms with Gasteiger partial charge in [-0.2, -0.15) is 0 Å². The minimum atomic E-state index is -3.76. The summed E-state index contributed by atoms with van der Waals surface area (Å²) >= 11 is 0. The fraction of sp³-hybridized carbons (Fsp3) is 0.294. The van der Waals surface area contributed by atoms with E-state index in [1.54, 1.807) is 19.1 Å². The number of aromatic amines is 1. The van der Waals surface area contributed by atoms with Crippen LogP contribution in [0.5, 0.6) is 0 Å². The fourth-order valence-corrected chi connectivity index (χ4v) is 3.23. The van der Waals surface area contributed by atoms with E-state index < -0.39 is 31.1 Å². The minimum Gasteiger partial charge on any atom is -0.444 e. The van der Waals surface area contributed by atoms with Crippen LogP contribution in [0, 0.1) is 6.92 Å². The Labute approximate surface area is 156 Å². The van der Waals surface area contributed by atoms with E-state index >= 15 is 0 Å². The van der Waals surface area contributed by atoms with E-state index in [0.717, 1.165) is 5.56 Å². The van der Waals surface area contributed by atoms with Crippen molar-refractivity contribution >= 4 is 15.0 Å². The lowest BCUT2D eigenvalue weighted by Gasteiger charge is -2.28. The smallest absolute Gasteiger partial charge is 0.330 e. The Morgan fingerprint density at radius 2 is 1.96 bits per heavy atom. The highest BCUT2D eigenvalue weighted by Crippen LogP contribution is 2.44. The summed E-state index contributed by atoms with van der Waals surface area (Å²) in [6.07, 6.45) is 3.44. The first-order chi connectivity index (χ1) is 12.8. The van der Waals surface area contributed by atoms with Gasteiger partial charge in [0.15, 0.2) is 6.23 Å². The molecule has 3 rings (SSSR count). The molecule has 1 aliphatic rings. The molecule has 2 aromatic rings. The molecule has 1 aliphatic heterocycles. The standard InChI is InChI=1S/C17H18BN2O6P/c1-12-9-20(17(22)19-16(12)21)15-8-7-14(26-15)11-25-27(18,23)24-10-13-5-3-2-4-6-13/h2-9,14-15H,10-11H2,1H3,(H,19,21,22)/q-1/t14-,15+,27?/m0/s1. The molecule has 27 heavy (non-hydrogen) atoms. The maximum absolute atomic E-state index is 12.2. The fourth-order valence-electron chi connectivity index (χ4n) is 2.47. The highest BCUT2D eigenvalue weighted by atomic mass is 31.2. The van der Waals surface area contributed by atoms with Gasteiger partial charge in [-0.05, 0) is 18.6 Å². The highest BCUT2D eigenvalue weighted by Gasteiger charge is 2.23. The van der Waals surface area contributed by atoms with E-state index in [9.17, 15) is 14.2 Å². The Hall–Kier alpha value is -2.19. The zero-order valence-corrected chi connectivity index (χ0v) is 15.5. The number of nitrogens with one attached hydrogen (secondary N) is 1. The Balaban J connectivity index is 1.53. The Bertz CT molecular complexity index is 987. The van der Waals surface area contributed by atoms with E-state index in [4.69, 9.17) is 21.4 Å². The van der Waals surface area contributed by atoms with E-state index in [1.807, 2.05) is 30.3 Å². The lowest BCUT2D eigenvalue weighted by atomic mass is 10.2. The first kappa shape index (κ1) is 19.6. The van der Waals surface area contributed by atoms with Crippen LogP contribution in [-0.2, 0) is 25.0 Å². The van der Waals surface area contributed by atoms with Gasteiger partial charge in [0.05, 0.1) is 20.7 Å². The van der Waals surface area contributed by atoms with Crippen LogP contribution in [0.25, 0.3) is 0 Å². The second-order valence-corrected chi connectivity index (χ2v) is 7.62. The molecule has 3 atom stereocenters. The maximum Gasteiger partial charge on any atom is 0.330 e. The quantitative estimate of drug-likeness (QED) is 0.441. The average Bonchev–Trinajstić information content (AvgIpc) is 3.11. The van der Waals surface area contributed by atoms with E-state index in [-0.39, 0.29) is 13.2 Å². The Morgan fingerprint density at radius 1 is 1.22 bits per heavy atom. The number of ether oxygens (including phenoxy) is 1. The number of aromatic nitrogens is 2. The predicted octanol–water partition coefficient (Wildman–Crippen LogP) is 1.81. The summed E-state index contributed by atoms with van der Waals surface area (Å²) in [5, 5.41) is 0. The second-order valence-electron chi connectivity index (χ2n) is 6.02. The molecule has 0 bridgehead atoms. The predicted molar refractivity (Wildman–Crippen MR) is 99.7 cm³/mol. The molecule has 10 heteroatoms. The third-order valence-electron chi connectivity index (χ3n) is 3.90.